The van der Waals surface area contributed by atoms with Crippen LogP contribution in [0.1, 0.15) is 21.6 Å². The summed E-state index contributed by atoms with van der Waals surface area (Å²) in [6.07, 6.45) is 1.35. The van der Waals surface area contributed by atoms with Crippen LogP contribution in [0.2, 0.25) is 0 Å². The number of para-hydroxylation sites is 2. The zero-order valence-corrected chi connectivity index (χ0v) is 22.2. The first-order chi connectivity index (χ1) is 19.3. The Morgan fingerprint density at radius 3 is 2.20 bits per heavy atom. The number of aryl methyl sites for hydroxylation is 1. The Labute approximate surface area is 230 Å². The Balaban J connectivity index is 1.38. The Kier molecular flexibility index (Phi) is 6.20. The molecule has 6 aromatic rings. The molecule has 4 aromatic carbocycles. The number of rotatable bonds is 7. The number of nitrogen functional groups attached to an aromatic ring is 1. The minimum atomic E-state index is -4.10. The van der Waals surface area contributed by atoms with Crippen molar-refractivity contribution in [1.29, 1.82) is 0 Å². The molecule has 0 radical (unpaired) electrons. The summed E-state index contributed by atoms with van der Waals surface area (Å²) in [4.78, 5) is 13.9. The Hall–Kier alpha value is -5.15. The summed E-state index contributed by atoms with van der Waals surface area (Å²) in [7, 11) is -4.10. The molecular formula is C31H24N4O4S. The van der Waals surface area contributed by atoms with Crippen LogP contribution in [0.5, 0.6) is 11.5 Å². The molecule has 0 atom stereocenters. The monoisotopic (exact) mass is 548 g/mol. The SMILES string of the molecule is Cc1ccc(S(=O)(=O)n2c(C(=O)c3cnn(-c4ccc(Oc5ccccc5)cc4)c3N)cc3ccccc32)cc1. The van der Waals surface area contributed by atoms with Gasteiger partial charge in [0.2, 0.25) is 5.78 Å². The number of nitrogens with two attached hydrogens (primary N) is 1. The van der Waals surface area contributed by atoms with E-state index in [1.165, 1.54) is 23.0 Å². The van der Waals surface area contributed by atoms with Gasteiger partial charge in [0.25, 0.3) is 10.0 Å². The van der Waals surface area contributed by atoms with E-state index in [4.69, 9.17) is 10.5 Å². The highest BCUT2D eigenvalue weighted by molar-refractivity contribution is 7.90. The number of carbonyl (C=O) groups excluding carboxylic acids is 1. The van der Waals surface area contributed by atoms with E-state index in [-0.39, 0.29) is 22.0 Å². The fraction of sp³-hybridized carbons (Fsp3) is 0.0323. The van der Waals surface area contributed by atoms with E-state index < -0.39 is 15.8 Å². The molecule has 6 rings (SSSR count). The summed E-state index contributed by atoms with van der Waals surface area (Å²) in [5, 5.41) is 4.94. The van der Waals surface area contributed by atoms with E-state index >= 15 is 0 Å². The summed E-state index contributed by atoms with van der Waals surface area (Å²) in [6, 6.07) is 31.5. The van der Waals surface area contributed by atoms with Crippen LogP contribution in [-0.2, 0) is 10.0 Å². The predicted octanol–water partition coefficient (Wildman–Crippen LogP) is 5.98. The van der Waals surface area contributed by atoms with Crippen LogP contribution < -0.4 is 10.5 Å². The second-order valence-corrected chi connectivity index (χ2v) is 11.1. The van der Waals surface area contributed by atoms with Crippen molar-refractivity contribution in [1.82, 2.24) is 13.8 Å². The molecule has 2 heterocycles. The number of nitrogens with zero attached hydrogens (tertiary/aromatic N) is 3. The normalized spacial score (nSPS) is 11.5. The summed E-state index contributed by atoms with van der Waals surface area (Å²) in [6.45, 7) is 1.88. The van der Waals surface area contributed by atoms with Crippen molar-refractivity contribution in [2.45, 2.75) is 11.8 Å². The molecule has 40 heavy (non-hydrogen) atoms. The topological polar surface area (TPSA) is 109 Å². The number of carbonyl (C=O) groups is 1. The lowest BCUT2D eigenvalue weighted by Crippen LogP contribution is -2.19. The van der Waals surface area contributed by atoms with Crippen LogP contribution in [0, 0.1) is 6.92 Å². The Bertz CT molecular complexity index is 1960. The van der Waals surface area contributed by atoms with Crippen LogP contribution >= 0.6 is 0 Å². The quantitative estimate of drug-likeness (QED) is 0.246. The molecule has 0 amide bonds. The number of aromatic nitrogens is 3. The second-order valence-electron chi connectivity index (χ2n) is 9.26. The zero-order chi connectivity index (χ0) is 27.9. The third kappa shape index (κ3) is 4.42. The number of benzene rings is 4. The molecule has 0 bridgehead atoms. The maximum absolute atomic E-state index is 13.9. The summed E-state index contributed by atoms with van der Waals surface area (Å²) in [5.41, 5.74) is 8.40. The third-order valence-electron chi connectivity index (χ3n) is 6.57. The number of ether oxygens (including phenoxy) is 1. The molecule has 2 N–H and O–H groups in total. The van der Waals surface area contributed by atoms with Crippen LogP contribution in [0.3, 0.4) is 0 Å². The van der Waals surface area contributed by atoms with Gasteiger partial charge in [0.05, 0.1) is 27.9 Å². The fourth-order valence-electron chi connectivity index (χ4n) is 4.52. The van der Waals surface area contributed by atoms with E-state index in [9.17, 15) is 13.2 Å². The van der Waals surface area contributed by atoms with Gasteiger partial charge in [0.15, 0.2) is 0 Å². The van der Waals surface area contributed by atoms with E-state index in [0.29, 0.717) is 28.1 Å². The summed E-state index contributed by atoms with van der Waals surface area (Å²) in [5.74, 6) is 0.867. The predicted molar refractivity (Wildman–Crippen MR) is 154 cm³/mol. The minimum Gasteiger partial charge on any atom is -0.457 e. The van der Waals surface area contributed by atoms with Gasteiger partial charge < -0.3 is 10.5 Å². The lowest BCUT2D eigenvalue weighted by molar-refractivity contribution is 0.103. The van der Waals surface area contributed by atoms with Gasteiger partial charge >= 0.3 is 0 Å². The highest BCUT2D eigenvalue weighted by atomic mass is 32.2. The first kappa shape index (κ1) is 25.1. The van der Waals surface area contributed by atoms with Crippen LogP contribution in [-0.4, -0.2) is 28.0 Å². The maximum atomic E-state index is 13.9. The summed E-state index contributed by atoms with van der Waals surface area (Å²) >= 11 is 0. The first-order valence-electron chi connectivity index (χ1n) is 12.5. The van der Waals surface area contributed by atoms with E-state index in [0.717, 1.165) is 9.54 Å². The van der Waals surface area contributed by atoms with E-state index in [1.54, 1.807) is 66.7 Å². The van der Waals surface area contributed by atoms with Crippen LogP contribution in [0.25, 0.3) is 16.6 Å². The maximum Gasteiger partial charge on any atom is 0.268 e. The molecule has 0 aliphatic heterocycles. The molecular weight excluding hydrogens is 524 g/mol. The largest absolute Gasteiger partial charge is 0.457 e. The molecule has 0 saturated carbocycles. The van der Waals surface area contributed by atoms with Gasteiger partial charge in [0.1, 0.15) is 23.0 Å². The Morgan fingerprint density at radius 2 is 1.48 bits per heavy atom. The molecule has 9 heteroatoms. The average molecular weight is 549 g/mol. The van der Waals surface area contributed by atoms with Crippen molar-refractivity contribution in [2.24, 2.45) is 0 Å². The lowest BCUT2D eigenvalue weighted by Gasteiger charge is -2.12. The fourth-order valence-corrected chi connectivity index (χ4v) is 6.03. The average Bonchev–Trinajstić information content (AvgIpc) is 3.55. The molecule has 0 fully saturated rings. The van der Waals surface area contributed by atoms with Gasteiger partial charge in [-0.3, -0.25) is 4.79 Å². The van der Waals surface area contributed by atoms with Crippen molar-refractivity contribution in [3.05, 3.63) is 132 Å². The lowest BCUT2D eigenvalue weighted by atomic mass is 10.1. The van der Waals surface area contributed by atoms with Crippen LogP contribution in [0.4, 0.5) is 5.82 Å². The van der Waals surface area contributed by atoms with Gasteiger partial charge in [0, 0.05) is 5.39 Å². The van der Waals surface area contributed by atoms with Crippen molar-refractivity contribution >= 4 is 32.5 Å². The molecule has 198 valence electrons. The van der Waals surface area contributed by atoms with Crippen molar-refractivity contribution in [3.8, 4) is 17.2 Å². The third-order valence-corrected chi connectivity index (χ3v) is 8.31. The number of hydrogen-bond acceptors (Lipinski definition) is 6. The molecule has 8 nitrogen and oxygen atoms in total. The Morgan fingerprint density at radius 1 is 0.825 bits per heavy atom. The molecule has 0 unspecified atom stereocenters. The number of fused-ring (bicyclic) bond motifs is 1. The zero-order valence-electron chi connectivity index (χ0n) is 21.4. The van der Waals surface area contributed by atoms with Crippen molar-refractivity contribution in [3.63, 3.8) is 0 Å². The first-order valence-corrected chi connectivity index (χ1v) is 13.9. The van der Waals surface area contributed by atoms with Gasteiger partial charge in [-0.25, -0.2) is 17.1 Å². The number of ketones is 1. The number of hydrogen-bond donors (Lipinski definition) is 1. The van der Waals surface area contributed by atoms with Gasteiger partial charge in [-0.05, 0) is 67.6 Å². The van der Waals surface area contributed by atoms with Crippen molar-refractivity contribution in [2.75, 3.05) is 5.73 Å². The molecule has 0 aliphatic carbocycles. The van der Waals surface area contributed by atoms with Crippen LogP contribution in [0.15, 0.2) is 120 Å². The van der Waals surface area contributed by atoms with Gasteiger partial charge in [-0.1, -0.05) is 54.1 Å². The molecule has 0 saturated heterocycles. The smallest absolute Gasteiger partial charge is 0.268 e. The minimum absolute atomic E-state index is 0.0281. The van der Waals surface area contributed by atoms with E-state index in [1.807, 2.05) is 37.3 Å². The summed E-state index contributed by atoms with van der Waals surface area (Å²) < 4.78 is 36.0. The number of anilines is 1. The van der Waals surface area contributed by atoms with Gasteiger partial charge in [-0.15, -0.1) is 0 Å². The van der Waals surface area contributed by atoms with E-state index in [2.05, 4.69) is 5.10 Å². The second kappa shape index (κ2) is 9.87. The molecule has 2 aromatic heterocycles. The molecule has 0 aliphatic rings. The highest BCUT2D eigenvalue weighted by Crippen LogP contribution is 2.30. The standard InChI is InChI=1S/C31H24N4O4S/c1-21-11-17-26(18-12-21)40(37,38)35-28-10-6-5-7-22(28)19-29(35)30(36)27-20-33-34(31(27)32)23-13-15-25(16-14-23)39-24-8-3-2-4-9-24/h2-20H,32H2,1H3. The highest BCUT2D eigenvalue weighted by Gasteiger charge is 2.29. The molecule has 0 spiro atoms. The van der Waals surface area contributed by atoms with Gasteiger partial charge in [-0.2, -0.15) is 5.10 Å². The van der Waals surface area contributed by atoms with Crippen molar-refractivity contribution < 1.29 is 17.9 Å².